The fourth-order valence-corrected chi connectivity index (χ4v) is 1.55. The summed E-state index contributed by atoms with van der Waals surface area (Å²) in [6.45, 7) is 2.98. The number of nitrogens with one attached hydrogen (secondary N) is 1. The molecule has 2 aromatic heterocycles. The molecule has 0 radical (unpaired) electrons. The van der Waals surface area contributed by atoms with Crippen LogP contribution in [0.4, 0.5) is 11.6 Å². The molecule has 2 heterocycles. The van der Waals surface area contributed by atoms with Crippen LogP contribution in [0.15, 0.2) is 22.7 Å². The molecule has 4 nitrogen and oxygen atoms in total. The maximum absolute atomic E-state index is 5.74. The average Bonchev–Trinajstić information content (AvgIpc) is 2.66. The molecule has 80 valence electrons. The van der Waals surface area contributed by atoms with Gasteiger partial charge in [0.25, 0.3) is 0 Å². The summed E-state index contributed by atoms with van der Waals surface area (Å²) in [5.41, 5.74) is 2.66. The van der Waals surface area contributed by atoms with Crippen LogP contribution in [0.3, 0.4) is 0 Å². The Morgan fingerprint density at radius 3 is 3.00 bits per heavy atom. The van der Waals surface area contributed by atoms with Crippen molar-refractivity contribution in [1.82, 2.24) is 4.98 Å². The minimum absolute atomic E-state index is 0.817. The molecule has 0 aromatic carbocycles. The molecule has 0 amide bonds. The molecule has 0 aliphatic rings. The second-order valence-corrected chi connectivity index (χ2v) is 3.40. The zero-order chi connectivity index (χ0) is 10.8. The molecule has 0 fully saturated rings. The summed E-state index contributed by atoms with van der Waals surface area (Å²) in [4.78, 5) is 6.36. The van der Waals surface area contributed by atoms with Crippen molar-refractivity contribution in [3.8, 4) is 0 Å². The smallest absolute Gasteiger partial charge is 0.221 e. The first kappa shape index (κ1) is 9.83. The summed E-state index contributed by atoms with van der Waals surface area (Å²) in [6, 6.07) is 3.80. The number of pyridine rings is 1. The minimum Gasteiger partial charge on any atom is -0.437 e. The third kappa shape index (κ3) is 1.52. The van der Waals surface area contributed by atoms with E-state index in [4.69, 9.17) is 4.42 Å². The van der Waals surface area contributed by atoms with E-state index in [9.17, 15) is 0 Å². The van der Waals surface area contributed by atoms with Gasteiger partial charge in [-0.3, -0.25) is 4.98 Å². The van der Waals surface area contributed by atoms with E-state index in [1.807, 2.05) is 31.1 Å². The Morgan fingerprint density at radius 1 is 1.53 bits per heavy atom. The normalized spacial score (nSPS) is 10.6. The van der Waals surface area contributed by atoms with Crippen LogP contribution in [0.5, 0.6) is 0 Å². The highest BCUT2D eigenvalue weighted by Crippen LogP contribution is 2.34. The lowest BCUT2D eigenvalue weighted by molar-refractivity contribution is 0.602. The van der Waals surface area contributed by atoms with Gasteiger partial charge in [0.1, 0.15) is 11.2 Å². The van der Waals surface area contributed by atoms with Crippen molar-refractivity contribution in [1.29, 1.82) is 0 Å². The van der Waals surface area contributed by atoms with Crippen LogP contribution in [0.1, 0.15) is 6.92 Å². The number of aromatic nitrogens is 1. The molecular weight excluding hydrogens is 190 g/mol. The Labute approximate surface area is 88.9 Å². The number of furan rings is 1. The SMILES string of the molecule is CCN(C)c1oc2cccnc2c1NC. The predicted octanol–water partition coefficient (Wildman–Crippen LogP) is 2.33. The van der Waals surface area contributed by atoms with Gasteiger partial charge < -0.3 is 14.6 Å². The quantitative estimate of drug-likeness (QED) is 0.835. The molecule has 0 spiro atoms. The van der Waals surface area contributed by atoms with Gasteiger partial charge in [0.15, 0.2) is 5.58 Å². The van der Waals surface area contributed by atoms with E-state index in [1.54, 1.807) is 6.20 Å². The molecule has 0 aliphatic carbocycles. The molecule has 0 saturated heterocycles. The van der Waals surface area contributed by atoms with Crippen molar-refractivity contribution < 1.29 is 4.42 Å². The van der Waals surface area contributed by atoms with E-state index in [0.29, 0.717) is 0 Å². The summed E-state index contributed by atoms with van der Waals surface area (Å²) < 4.78 is 5.74. The van der Waals surface area contributed by atoms with Crippen LogP contribution in [0, 0.1) is 0 Å². The lowest BCUT2D eigenvalue weighted by Gasteiger charge is -2.14. The molecular formula is C11H15N3O. The number of hydrogen-bond acceptors (Lipinski definition) is 4. The van der Waals surface area contributed by atoms with Gasteiger partial charge in [-0.1, -0.05) is 0 Å². The second-order valence-electron chi connectivity index (χ2n) is 3.40. The molecule has 0 unspecified atom stereocenters. The first-order chi connectivity index (χ1) is 7.27. The van der Waals surface area contributed by atoms with Crippen molar-refractivity contribution in [2.75, 3.05) is 30.9 Å². The summed E-state index contributed by atoms with van der Waals surface area (Å²) in [5, 5.41) is 3.14. The Bertz CT molecular complexity index is 464. The molecule has 0 saturated carbocycles. The lowest BCUT2D eigenvalue weighted by atomic mass is 10.3. The zero-order valence-electron chi connectivity index (χ0n) is 9.24. The Morgan fingerprint density at radius 2 is 2.33 bits per heavy atom. The summed E-state index contributed by atoms with van der Waals surface area (Å²) in [6.07, 6.45) is 1.77. The number of nitrogens with zero attached hydrogens (tertiary/aromatic N) is 2. The van der Waals surface area contributed by atoms with Crippen LogP contribution in [-0.4, -0.2) is 25.6 Å². The monoisotopic (exact) mass is 205 g/mol. The van der Waals surface area contributed by atoms with Gasteiger partial charge in [-0.15, -0.1) is 0 Å². The Balaban J connectivity index is 2.63. The summed E-state index contributed by atoms with van der Waals surface area (Å²) >= 11 is 0. The number of fused-ring (bicyclic) bond motifs is 1. The van der Waals surface area contributed by atoms with Gasteiger partial charge in [0.05, 0.1) is 0 Å². The molecule has 1 N–H and O–H groups in total. The molecule has 2 rings (SSSR count). The Hall–Kier alpha value is -1.71. The van der Waals surface area contributed by atoms with E-state index in [2.05, 4.69) is 17.2 Å². The molecule has 2 aromatic rings. The van der Waals surface area contributed by atoms with Crippen molar-refractivity contribution in [2.24, 2.45) is 0 Å². The fourth-order valence-electron chi connectivity index (χ4n) is 1.55. The first-order valence-corrected chi connectivity index (χ1v) is 5.04. The van der Waals surface area contributed by atoms with E-state index in [0.717, 1.165) is 29.2 Å². The van der Waals surface area contributed by atoms with E-state index < -0.39 is 0 Å². The van der Waals surface area contributed by atoms with Crippen LogP contribution in [0.2, 0.25) is 0 Å². The van der Waals surface area contributed by atoms with Gasteiger partial charge in [0.2, 0.25) is 5.88 Å². The highest BCUT2D eigenvalue weighted by Gasteiger charge is 2.16. The average molecular weight is 205 g/mol. The number of anilines is 2. The predicted molar refractivity (Wildman–Crippen MR) is 62.5 cm³/mol. The van der Waals surface area contributed by atoms with Crippen LogP contribution in [-0.2, 0) is 0 Å². The highest BCUT2D eigenvalue weighted by atomic mass is 16.4. The van der Waals surface area contributed by atoms with Gasteiger partial charge in [-0.05, 0) is 19.1 Å². The number of hydrogen-bond donors (Lipinski definition) is 1. The first-order valence-electron chi connectivity index (χ1n) is 5.04. The van der Waals surface area contributed by atoms with Gasteiger partial charge in [-0.25, -0.2) is 0 Å². The van der Waals surface area contributed by atoms with Gasteiger partial charge in [-0.2, -0.15) is 0 Å². The van der Waals surface area contributed by atoms with E-state index >= 15 is 0 Å². The molecule has 15 heavy (non-hydrogen) atoms. The van der Waals surface area contributed by atoms with Crippen LogP contribution < -0.4 is 10.2 Å². The van der Waals surface area contributed by atoms with Gasteiger partial charge >= 0.3 is 0 Å². The van der Waals surface area contributed by atoms with Crippen molar-refractivity contribution in [3.63, 3.8) is 0 Å². The number of rotatable bonds is 3. The van der Waals surface area contributed by atoms with Gasteiger partial charge in [0, 0.05) is 26.8 Å². The molecule has 4 heteroatoms. The third-order valence-electron chi connectivity index (χ3n) is 2.50. The Kier molecular flexibility index (Phi) is 2.49. The summed E-state index contributed by atoms with van der Waals surface area (Å²) in [5.74, 6) is 0.841. The zero-order valence-corrected chi connectivity index (χ0v) is 9.24. The van der Waals surface area contributed by atoms with Crippen molar-refractivity contribution >= 4 is 22.7 Å². The third-order valence-corrected chi connectivity index (χ3v) is 2.50. The molecule has 0 atom stereocenters. The summed E-state index contributed by atoms with van der Waals surface area (Å²) in [7, 11) is 3.88. The van der Waals surface area contributed by atoms with Crippen molar-refractivity contribution in [2.45, 2.75) is 6.92 Å². The van der Waals surface area contributed by atoms with Crippen LogP contribution in [0.25, 0.3) is 11.1 Å². The highest BCUT2D eigenvalue weighted by molar-refractivity contribution is 5.94. The van der Waals surface area contributed by atoms with E-state index in [1.165, 1.54) is 0 Å². The molecule has 0 aliphatic heterocycles. The maximum atomic E-state index is 5.74. The lowest BCUT2D eigenvalue weighted by Crippen LogP contribution is -2.16. The molecule has 0 bridgehead atoms. The second kappa shape index (κ2) is 3.81. The minimum atomic E-state index is 0.817. The van der Waals surface area contributed by atoms with Crippen LogP contribution >= 0.6 is 0 Å². The fraction of sp³-hybridized carbons (Fsp3) is 0.364. The maximum Gasteiger partial charge on any atom is 0.221 e. The largest absolute Gasteiger partial charge is 0.437 e. The van der Waals surface area contributed by atoms with E-state index in [-0.39, 0.29) is 0 Å². The topological polar surface area (TPSA) is 41.3 Å². The standard InChI is InChI=1S/C11H15N3O/c1-4-14(3)11-10(12-2)9-8(15-11)6-5-7-13-9/h5-7,12H,4H2,1-3H3. The van der Waals surface area contributed by atoms with Crippen molar-refractivity contribution in [3.05, 3.63) is 18.3 Å².